The number of nitrogens with one attached hydrogen (secondary N) is 1. The highest BCUT2D eigenvalue weighted by Crippen LogP contribution is 2.38. The van der Waals surface area contributed by atoms with E-state index in [1.165, 1.54) is 30.9 Å². The van der Waals surface area contributed by atoms with E-state index in [2.05, 4.69) is 15.3 Å². The lowest BCUT2D eigenvalue weighted by Crippen LogP contribution is -2.41. The number of alkyl halides is 1. The van der Waals surface area contributed by atoms with Gasteiger partial charge in [-0.1, -0.05) is 6.07 Å². The highest BCUT2D eigenvalue weighted by Gasteiger charge is 2.38. The zero-order valence-electron chi connectivity index (χ0n) is 17.2. The molecule has 0 aliphatic carbocycles. The molecule has 0 saturated carbocycles. The number of hydrogen-bond acceptors (Lipinski definition) is 6. The number of carbonyl (C=O) groups is 1. The molecule has 1 N–H and O–H groups in total. The van der Waals surface area contributed by atoms with Crippen LogP contribution >= 0.6 is 11.3 Å². The Hall–Kier alpha value is -2.82. The molecule has 1 saturated heterocycles. The Kier molecular flexibility index (Phi) is 6.54. The van der Waals surface area contributed by atoms with Crippen molar-refractivity contribution in [3.05, 3.63) is 64.9 Å². The van der Waals surface area contributed by atoms with E-state index in [0.717, 1.165) is 23.5 Å². The van der Waals surface area contributed by atoms with Gasteiger partial charge in [0.25, 0.3) is 5.91 Å². The predicted octanol–water partition coefficient (Wildman–Crippen LogP) is 4.94. The molecule has 3 heterocycles. The van der Waals surface area contributed by atoms with Crippen LogP contribution in [0.1, 0.15) is 35.5 Å². The molecule has 0 radical (unpaired) electrons. The van der Waals surface area contributed by atoms with Gasteiger partial charge in [0.1, 0.15) is 34.6 Å². The molecule has 0 bridgehead atoms. The maximum Gasteiger partial charge on any atom is 0.275 e. The zero-order valence-corrected chi connectivity index (χ0v) is 18.0. The third-order valence-corrected chi connectivity index (χ3v) is 6.16. The quantitative estimate of drug-likeness (QED) is 0.580. The average molecular weight is 463 g/mol. The van der Waals surface area contributed by atoms with E-state index in [0.29, 0.717) is 5.56 Å². The maximum absolute atomic E-state index is 14.8. The minimum Gasteiger partial charge on any atom is -0.379 e. The van der Waals surface area contributed by atoms with E-state index in [9.17, 15) is 18.0 Å². The molecular formula is C22H20F3N3O3S. The predicted molar refractivity (Wildman–Crippen MR) is 113 cm³/mol. The summed E-state index contributed by atoms with van der Waals surface area (Å²) in [6.45, 7) is 1.80. The monoisotopic (exact) mass is 463 g/mol. The van der Waals surface area contributed by atoms with Crippen LogP contribution in [-0.2, 0) is 9.47 Å². The lowest BCUT2D eigenvalue weighted by atomic mass is 9.94. The highest BCUT2D eigenvalue weighted by atomic mass is 32.1. The second-order valence-electron chi connectivity index (χ2n) is 7.34. The second-order valence-corrected chi connectivity index (χ2v) is 8.20. The van der Waals surface area contributed by atoms with Crippen molar-refractivity contribution in [2.75, 3.05) is 12.4 Å². The topological polar surface area (TPSA) is 73.3 Å². The summed E-state index contributed by atoms with van der Waals surface area (Å²) < 4.78 is 54.0. The molecule has 2 aromatic heterocycles. The summed E-state index contributed by atoms with van der Waals surface area (Å²) in [5.41, 5.74) is 0.366. The minimum absolute atomic E-state index is 0.0309. The highest BCUT2D eigenvalue weighted by molar-refractivity contribution is 7.13. The number of hydrogen-bond donors (Lipinski definition) is 1. The zero-order chi connectivity index (χ0) is 22.8. The van der Waals surface area contributed by atoms with Crippen LogP contribution in [-0.4, -0.2) is 41.4 Å². The smallest absolute Gasteiger partial charge is 0.275 e. The third kappa shape index (κ3) is 4.38. The first kappa shape index (κ1) is 22.4. The molecule has 6 nitrogen and oxygen atoms in total. The van der Waals surface area contributed by atoms with Crippen molar-refractivity contribution in [1.29, 1.82) is 0 Å². The standard InChI is InChI=1S/C22H20F3N3O3S/c1-11-18(30-2)8-15(25)20(31-11)12-6-7-26-9-16(12)27-21(29)17-10-32-22(28-17)19-13(23)4-3-5-14(19)24/h3-7,9-11,15,18,20H,8H2,1-2H3,(H,27,29). The van der Waals surface area contributed by atoms with Crippen LogP contribution < -0.4 is 5.32 Å². The van der Waals surface area contributed by atoms with E-state index >= 15 is 0 Å². The van der Waals surface area contributed by atoms with E-state index in [4.69, 9.17) is 9.47 Å². The fourth-order valence-electron chi connectivity index (χ4n) is 3.64. The largest absolute Gasteiger partial charge is 0.379 e. The summed E-state index contributed by atoms with van der Waals surface area (Å²) in [5.74, 6) is -2.16. The number of nitrogens with zero attached hydrogens (tertiary/aromatic N) is 2. The van der Waals surface area contributed by atoms with Crippen molar-refractivity contribution in [3.63, 3.8) is 0 Å². The molecule has 1 amide bonds. The molecule has 10 heteroatoms. The number of methoxy groups -OCH3 is 1. The molecule has 32 heavy (non-hydrogen) atoms. The first-order valence-corrected chi connectivity index (χ1v) is 10.7. The first-order valence-electron chi connectivity index (χ1n) is 9.86. The van der Waals surface area contributed by atoms with Gasteiger partial charge < -0.3 is 14.8 Å². The molecule has 1 aliphatic heterocycles. The molecular weight excluding hydrogens is 443 g/mol. The van der Waals surface area contributed by atoms with Crippen molar-refractivity contribution < 1.29 is 27.4 Å². The van der Waals surface area contributed by atoms with Crippen molar-refractivity contribution in [2.45, 2.75) is 37.8 Å². The van der Waals surface area contributed by atoms with Crippen molar-refractivity contribution in [2.24, 2.45) is 0 Å². The van der Waals surface area contributed by atoms with Crippen LogP contribution in [0, 0.1) is 11.6 Å². The lowest BCUT2D eigenvalue weighted by Gasteiger charge is -2.37. The minimum atomic E-state index is -1.34. The van der Waals surface area contributed by atoms with Crippen LogP contribution in [0.5, 0.6) is 0 Å². The van der Waals surface area contributed by atoms with Gasteiger partial charge in [-0.05, 0) is 25.1 Å². The van der Waals surface area contributed by atoms with Crippen LogP contribution in [0.2, 0.25) is 0 Å². The van der Waals surface area contributed by atoms with Gasteiger partial charge in [0.05, 0.1) is 29.7 Å². The lowest BCUT2D eigenvalue weighted by molar-refractivity contribution is -0.154. The fourth-order valence-corrected chi connectivity index (χ4v) is 4.48. The number of thiazole rings is 1. The van der Waals surface area contributed by atoms with Gasteiger partial charge in [0, 0.05) is 30.7 Å². The van der Waals surface area contributed by atoms with Gasteiger partial charge in [-0.15, -0.1) is 11.3 Å². The van der Waals surface area contributed by atoms with Crippen LogP contribution in [0.3, 0.4) is 0 Å². The number of benzene rings is 1. The Morgan fingerprint density at radius 1 is 1.28 bits per heavy atom. The summed E-state index contributed by atoms with van der Waals surface area (Å²) in [6.07, 6.45) is 0.0638. The molecule has 4 atom stereocenters. The number of carbonyl (C=O) groups excluding carboxylic acids is 1. The molecule has 1 aromatic carbocycles. The van der Waals surface area contributed by atoms with Crippen LogP contribution in [0.25, 0.3) is 10.6 Å². The summed E-state index contributed by atoms with van der Waals surface area (Å²) in [6, 6.07) is 5.07. The number of amides is 1. The summed E-state index contributed by atoms with van der Waals surface area (Å²) in [5, 5.41) is 4.09. The third-order valence-electron chi connectivity index (χ3n) is 5.30. The molecule has 4 unspecified atom stereocenters. The molecule has 0 spiro atoms. The van der Waals surface area contributed by atoms with E-state index in [-0.39, 0.29) is 40.6 Å². The van der Waals surface area contributed by atoms with E-state index < -0.39 is 29.8 Å². The van der Waals surface area contributed by atoms with Crippen molar-refractivity contribution in [1.82, 2.24) is 9.97 Å². The average Bonchev–Trinajstić information content (AvgIpc) is 3.25. The van der Waals surface area contributed by atoms with Gasteiger partial charge >= 0.3 is 0 Å². The molecule has 1 aliphatic rings. The van der Waals surface area contributed by atoms with E-state index in [1.54, 1.807) is 13.0 Å². The number of halogens is 3. The molecule has 3 aromatic rings. The Morgan fingerprint density at radius 2 is 2.03 bits per heavy atom. The first-order chi connectivity index (χ1) is 15.4. The van der Waals surface area contributed by atoms with Gasteiger partial charge in [0.2, 0.25) is 0 Å². The Bertz CT molecular complexity index is 1110. The summed E-state index contributed by atoms with van der Waals surface area (Å²) >= 11 is 0.939. The van der Waals surface area contributed by atoms with Gasteiger partial charge in [0.15, 0.2) is 0 Å². The molecule has 4 rings (SSSR count). The number of rotatable bonds is 5. The SMILES string of the molecule is COC1CC(F)C(c2ccncc2NC(=O)c2csc(-c3c(F)cccc3F)n2)OC1C. The molecule has 168 valence electrons. The normalized spacial score (nSPS) is 23.2. The van der Waals surface area contributed by atoms with Gasteiger partial charge in [-0.3, -0.25) is 9.78 Å². The Labute approximate surface area is 186 Å². The fraction of sp³-hybridized carbons (Fsp3) is 0.318. The maximum atomic E-state index is 14.8. The van der Waals surface area contributed by atoms with Crippen molar-refractivity contribution in [3.8, 4) is 10.6 Å². The summed E-state index contributed by atoms with van der Waals surface area (Å²) in [4.78, 5) is 20.8. The van der Waals surface area contributed by atoms with E-state index in [1.807, 2.05) is 0 Å². The van der Waals surface area contributed by atoms with Crippen LogP contribution in [0.15, 0.2) is 42.0 Å². The van der Waals surface area contributed by atoms with Gasteiger partial charge in [-0.2, -0.15) is 0 Å². The number of pyridine rings is 1. The molecule has 1 fully saturated rings. The number of ether oxygens (including phenoxy) is 2. The Balaban J connectivity index is 1.56. The van der Waals surface area contributed by atoms with Crippen LogP contribution in [0.4, 0.5) is 18.9 Å². The van der Waals surface area contributed by atoms with Crippen molar-refractivity contribution >= 4 is 22.9 Å². The summed E-state index contributed by atoms with van der Waals surface area (Å²) in [7, 11) is 1.50. The number of anilines is 1. The Morgan fingerprint density at radius 3 is 2.75 bits per heavy atom. The second kappa shape index (κ2) is 9.35. The van der Waals surface area contributed by atoms with Gasteiger partial charge in [-0.25, -0.2) is 18.2 Å². The number of aromatic nitrogens is 2.